The van der Waals surface area contributed by atoms with Crippen molar-refractivity contribution in [2.45, 2.75) is 33.7 Å². The molecule has 292 valence electrons. The van der Waals surface area contributed by atoms with Gasteiger partial charge in [0.2, 0.25) is 0 Å². The molecule has 0 radical (unpaired) electrons. The average molecular weight is 795 g/mol. The van der Waals surface area contributed by atoms with Gasteiger partial charge in [-0.2, -0.15) is 0 Å². The van der Waals surface area contributed by atoms with Gasteiger partial charge in [-0.15, -0.1) is 0 Å². The number of benzene rings is 8. The van der Waals surface area contributed by atoms with Crippen molar-refractivity contribution in [1.29, 1.82) is 0 Å². The molecule has 2 aliphatic carbocycles. The summed E-state index contributed by atoms with van der Waals surface area (Å²) in [6, 6.07) is 66.9. The molecule has 4 aliphatic rings. The zero-order chi connectivity index (χ0) is 40.6. The quantitative estimate of drug-likeness (QED) is 0.176. The maximum Gasteiger partial charge on any atom is 0.132 e. The van der Waals surface area contributed by atoms with Crippen LogP contribution >= 0.6 is 11.8 Å². The lowest BCUT2D eigenvalue weighted by Crippen LogP contribution is -2.32. The number of rotatable bonds is 4. The lowest BCUT2D eigenvalue weighted by molar-refractivity contribution is 0.402. The van der Waals surface area contributed by atoms with Crippen molar-refractivity contribution in [2.75, 3.05) is 28.2 Å². The molecule has 0 bridgehead atoms. The van der Waals surface area contributed by atoms with Crippen LogP contribution < -0.4 is 4.74 Å². The minimum absolute atomic E-state index is 0.249. The third-order valence-electron chi connectivity index (χ3n) is 12.8. The Morgan fingerprint density at radius 3 is 1.17 bits per heavy atom. The molecular weight excluding hydrogens is 749 g/mol. The Balaban J connectivity index is 0.000000136. The summed E-state index contributed by atoms with van der Waals surface area (Å²) in [5.74, 6) is 1.88. The van der Waals surface area contributed by atoms with E-state index in [1.165, 1.54) is 87.7 Å². The first-order valence-corrected chi connectivity index (χ1v) is 21.7. The highest BCUT2D eigenvalue weighted by Crippen LogP contribution is 2.63. The molecule has 0 saturated heterocycles. The van der Waals surface area contributed by atoms with Gasteiger partial charge in [-0.3, -0.25) is 0 Å². The first-order valence-electron chi connectivity index (χ1n) is 20.9. The van der Waals surface area contributed by atoms with E-state index in [2.05, 4.69) is 220 Å². The first kappa shape index (κ1) is 36.9. The fourth-order valence-electron chi connectivity index (χ4n) is 10.7. The van der Waals surface area contributed by atoms with Gasteiger partial charge < -0.3 is 14.5 Å². The van der Waals surface area contributed by atoms with Crippen molar-refractivity contribution in [2.24, 2.45) is 0 Å². The van der Waals surface area contributed by atoms with Crippen molar-refractivity contribution < 1.29 is 4.74 Å². The molecule has 0 unspecified atom stereocenters. The van der Waals surface area contributed by atoms with E-state index >= 15 is 0 Å². The van der Waals surface area contributed by atoms with Gasteiger partial charge in [-0.05, 0) is 131 Å². The Kier molecular flexibility index (Phi) is 8.75. The van der Waals surface area contributed by atoms with Crippen LogP contribution in [0.4, 0.5) is 0 Å². The molecule has 8 aromatic carbocycles. The predicted octanol–water partition coefficient (Wildman–Crippen LogP) is 12.8. The highest BCUT2D eigenvalue weighted by atomic mass is 32.2. The van der Waals surface area contributed by atoms with Gasteiger partial charge in [-0.25, -0.2) is 0 Å². The first-order chi connectivity index (χ1) is 29.4. The molecule has 60 heavy (non-hydrogen) atoms. The van der Waals surface area contributed by atoms with Crippen molar-refractivity contribution in [3.63, 3.8) is 0 Å². The highest BCUT2D eigenvalue weighted by molar-refractivity contribution is 7.99. The van der Waals surface area contributed by atoms with Crippen LogP contribution in [0.15, 0.2) is 192 Å². The molecule has 0 atom stereocenters. The van der Waals surface area contributed by atoms with E-state index in [-0.39, 0.29) is 10.8 Å². The standard InChI is InChI=1S/C28H23NO.C28H23NS/c2*1-29(2)18-19-15-16-23-21(17-19)20-9-3-4-10-22(20)28(23)24-11-5-7-13-26(24)30-27-14-8-6-12-25(27)28/h2*3-17H,18H2,1-2H3. The SMILES string of the molecule is CN(C)Cc1ccc2c(c1)-c1ccccc1C21c2ccccc2Oc2ccccc21.CN(C)Cc1ccc2c(c1)-c1ccccc1C21c2ccccc2Sc2ccccc21. The summed E-state index contributed by atoms with van der Waals surface area (Å²) in [6.07, 6.45) is 0. The summed E-state index contributed by atoms with van der Waals surface area (Å²) in [7, 11) is 8.50. The van der Waals surface area contributed by atoms with Crippen molar-refractivity contribution in [3.05, 3.63) is 238 Å². The lowest BCUT2D eigenvalue weighted by atomic mass is 9.66. The summed E-state index contributed by atoms with van der Waals surface area (Å²) in [5.41, 5.74) is 18.2. The Morgan fingerprint density at radius 1 is 0.367 bits per heavy atom. The zero-order valence-electron chi connectivity index (χ0n) is 34.4. The minimum Gasteiger partial charge on any atom is -0.457 e. The summed E-state index contributed by atoms with van der Waals surface area (Å²) in [4.78, 5) is 7.17. The monoisotopic (exact) mass is 794 g/mol. The van der Waals surface area contributed by atoms with Crippen LogP contribution in [-0.2, 0) is 23.9 Å². The highest BCUT2D eigenvalue weighted by Gasteiger charge is 2.52. The average Bonchev–Trinajstić information content (AvgIpc) is 3.71. The van der Waals surface area contributed by atoms with E-state index in [4.69, 9.17) is 4.74 Å². The number of hydrogen-bond acceptors (Lipinski definition) is 4. The van der Waals surface area contributed by atoms with E-state index in [1.54, 1.807) is 0 Å². The molecule has 0 saturated carbocycles. The fourth-order valence-corrected chi connectivity index (χ4v) is 11.9. The van der Waals surface area contributed by atoms with Crippen LogP contribution in [0.25, 0.3) is 22.3 Å². The van der Waals surface area contributed by atoms with Crippen LogP contribution in [0.2, 0.25) is 0 Å². The van der Waals surface area contributed by atoms with Gasteiger partial charge in [-0.1, -0.05) is 157 Å². The lowest BCUT2D eigenvalue weighted by Gasteiger charge is -2.39. The zero-order valence-corrected chi connectivity index (χ0v) is 35.3. The van der Waals surface area contributed by atoms with E-state index in [0.29, 0.717) is 0 Å². The smallest absolute Gasteiger partial charge is 0.132 e. The van der Waals surface area contributed by atoms with E-state index in [1.807, 2.05) is 11.8 Å². The minimum atomic E-state index is -0.353. The normalized spacial score (nSPS) is 14.8. The Bertz CT molecular complexity index is 2690. The van der Waals surface area contributed by atoms with E-state index in [9.17, 15) is 0 Å². The van der Waals surface area contributed by atoms with Crippen LogP contribution in [0.3, 0.4) is 0 Å². The summed E-state index contributed by atoms with van der Waals surface area (Å²) in [6.45, 7) is 1.88. The molecule has 12 rings (SSSR count). The second-order valence-corrected chi connectivity index (χ2v) is 18.1. The largest absolute Gasteiger partial charge is 0.457 e. The number of nitrogens with zero attached hydrogens (tertiary/aromatic N) is 2. The Hall–Kier alpha value is -6.17. The predicted molar refractivity (Wildman–Crippen MR) is 246 cm³/mol. The molecule has 8 aromatic rings. The molecule has 0 amide bonds. The molecular formula is C56H46N2OS. The molecule has 0 fully saturated rings. The van der Waals surface area contributed by atoms with Gasteiger partial charge in [0.05, 0.1) is 10.8 Å². The molecule has 2 aliphatic heterocycles. The maximum absolute atomic E-state index is 6.36. The van der Waals surface area contributed by atoms with Crippen LogP contribution in [-0.4, -0.2) is 38.0 Å². The molecule has 0 N–H and O–H groups in total. The van der Waals surface area contributed by atoms with Gasteiger partial charge in [0.15, 0.2) is 0 Å². The van der Waals surface area contributed by atoms with Gasteiger partial charge in [0, 0.05) is 34.0 Å². The van der Waals surface area contributed by atoms with Crippen molar-refractivity contribution >= 4 is 11.8 Å². The van der Waals surface area contributed by atoms with Crippen LogP contribution in [0.1, 0.15) is 55.6 Å². The van der Waals surface area contributed by atoms with Gasteiger partial charge >= 0.3 is 0 Å². The number of ether oxygens (including phenoxy) is 1. The third kappa shape index (κ3) is 5.38. The topological polar surface area (TPSA) is 15.7 Å². The molecule has 2 heterocycles. The Labute approximate surface area is 357 Å². The van der Waals surface area contributed by atoms with E-state index in [0.717, 1.165) is 24.6 Å². The summed E-state index contributed by atoms with van der Waals surface area (Å²) in [5, 5.41) is 0. The number of fused-ring (bicyclic) bond motifs is 18. The van der Waals surface area contributed by atoms with Gasteiger partial charge in [0.25, 0.3) is 0 Å². The summed E-state index contributed by atoms with van der Waals surface area (Å²) < 4.78 is 6.36. The van der Waals surface area contributed by atoms with Crippen molar-refractivity contribution in [3.8, 4) is 33.8 Å². The van der Waals surface area contributed by atoms with Gasteiger partial charge in [0.1, 0.15) is 11.5 Å². The van der Waals surface area contributed by atoms with Crippen LogP contribution in [0.5, 0.6) is 11.5 Å². The maximum atomic E-state index is 6.36. The fraction of sp³-hybridized carbons (Fsp3) is 0.143. The third-order valence-corrected chi connectivity index (χ3v) is 14.0. The number of para-hydroxylation sites is 2. The van der Waals surface area contributed by atoms with Crippen molar-refractivity contribution in [1.82, 2.24) is 9.80 Å². The van der Waals surface area contributed by atoms with E-state index < -0.39 is 0 Å². The molecule has 4 heteroatoms. The molecule has 3 nitrogen and oxygen atoms in total. The number of hydrogen-bond donors (Lipinski definition) is 0. The summed E-state index contributed by atoms with van der Waals surface area (Å²) >= 11 is 1.90. The molecule has 0 aromatic heterocycles. The molecule has 2 spiro atoms. The second-order valence-electron chi connectivity index (χ2n) is 17.0. The Morgan fingerprint density at radius 2 is 0.717 bits per heavy atom. The second kappa shape index (κ2) is 14.2. The van der Waals surface area contributed by atoms with Crippen LogP contribution in [0, 0.1) is 0 Å².